The maximum Gasteiger partial charge on any atom is 0.268 e. The lowest BCUT2D eigenvalue weighted by atomic mass is 9.96. The van der Waals surface area contributed by atoms with Gasteiger partial charge in [-0.05, 0) is 40.5 Å². The van der Waals surface area contributed by atoms with Crippen LogP contribution < -0.4 is 16.0 Å². The van der Waals surface area contributed by atoms with Crippen LogP contribution >= 0.6 is 15.9 Å². The molecule has 0 aliphatic rings. The van der Waals surface area contributed by atoms with E-state index in [2.05, 4.69) is 20.9 Å². The number of hydrogen-bond acceptors (Lipinski definition) is 6. The molecule has 0 atom stereocenters. The summed E-state index contributed by atoms with van der Waals surface area (Å²) in [6, 6.07) is 6.59. The molecule has 0 aliphatic heterocycles. The van der Waals surface area contributed by atoms with Crippen molar-refractivity contribution in [3.8, 4) is 34.8 Å². The second-order valence-electron chi connectivity index (χ2n) is 4.45. The number of rotatable bonds is 3. The largest absolute Gasteiger partial charge is 0.503 e. The fourth-order valence-corrected chi connectivity index (χ4v) is 2.56. The molecular formula is C15H11BrN4O3. The predicted octanol–water partition coefficient (Wildman–Crippen LogP) is 2.23. The number of halogens is 1. The number of benzene rings is 1. The SMILES string of the molecule is CCOc1cc(-c2c(C#N)c(N)[nH]c(=O)c2C#N)cc(Br)c1O. The molecule has 0 amide bonds. The summed E-state index contributed by atoms with van der Waals surface area (Å²) in [5.41, 5.74) is 5.16. The molecule has 23 heavy (non-hydrogen) atoms. The molecule has 1 heterocycles. The normalized spacial score (nSPS) is 9.91. The van der Waals surface area contributed by atoms with E-state index in [1.807, 2.05) is 6.07 Å². The summed E-state index contributed by atoms with van der Waals surface area (Å²) in [6.07, 6.45) is 0. The number of nitrogens with two attached hydrogens (primary N) is 1. The maximum atomic E-state index is 11.9. The molecule has 8 heteroatoms. The number of nitrogen functional groups attached to an aromatic ring is 1. The van der Waals surface area contributed by atoms with Crippen LogP contribution in [0, 0.1) is 22.7 Å². The lowest BCUT2D eigenvalue weighted by Crippen LogP contribution is -2.16. The van der Waals surface area contributed by atoms with Gasteiger partial charge in [0.15, 0.2) is 11.5 Å². The molecule has 4 N–H and O–H groups in total. The minimum Gasteiger partial charge on any atom is -0.503 e. The molecule has 0 spiro atoms. The summed E-state index contributed by atoms with van der Waals surface area (Å²) >= 11 is 3.18. The zero-order chi connectivity index (χ0) is 17.1. The van der Waals surface area contributed by atoms with E-state index < -0.39 is 5.56 Å². The fourth-order valence-electron chi connectivity index (χ4n) is 2.12. The van der Waals surface area contributed by atoms with Crippen LogP contribution in [0.5, 0.6) is 11.5 Å². The maximum absolute atomic E-state index is 11.9. The van der Waals surface area contributed by atoms with Gasteiger partial charge in [-0.15, -0.1) is 0 Å². The lowest BCUT2D eigenvalue weighted by molar-refractivity contribution is 0.317. The first-order chi connectivity index (χ1) is 10.9. The number of aromatic amines is 1. The van der Waals surface area contributed by atoms with Crippen molar-refractivity contribution in [1.29, 1.82) is 10.5 Å². The highest BCUT2D eigenvalue weighted by Crippen LogP contribution is 2.40. The van der Waals surface area contributed by atoms with Crippen LogP contribution in [0.1, 0.15) is 18.1 Å². The van der Waals surface area contributed by atoms with Gasteiger partial charge in [0, 0.05) is 5.56 Å². The summed E-state index contributed by atoms with van der Waals surface area (Å²) in [6.45, 7) is 2.05. The van der Waals surface area contributed by atoms with E-state index in [0.29, 0.717) is 16.6 Å². The van der Waals surface area contributed by atoms with Crippen LogP contribution in [0.25, 0.3) is 11.1 Å². The number of pyridine rings is 1. The van der Waals surface area contributed by atoms with Gasteiger partial charge in [0.25, 0.3) is 5.56 Å². The number of hydrogen-bond donors (Lipinski definition) is 3. The fraction of sp³-hybridized carbons (Fsp3) is 0.133. The number of ether oxygens (including phenoxy) is 1. The number of nitrogens with one attached hydrogen (secondary N) is 1. The molecule has 0 bridgehead atoms. The van der Waals surface area contributed by atoms with Crippen LogP contribution in [0.3, 0.4) is 0 Å². The Kier molecular flexibility index (Phi) is 4.58. The summed E-state index contributed by atoms with van der Waals surface area (Å²) < 4.78 is 5.62. The number of nitrogens with zero attached hydrogens (tertiary/aromatic N) is 2. The number of nitriles is 2. The molecule has 0 aliphatic carbocycles. The Labute approximate surface area is 139 Å². The molecule has 7 nitrogen and oxygen atoms in total. The van der Waals surface area contributed by atoms with Crippen LogP contribution in [-0.2, 0) is 0 Å². The molecule has 0 fully saturated rings. The highest BCUT2D eigenvalue weighted by atomic mass is 79.9. The summed E-state index contributed by atoms with van der Waals surface area (Å²) in [7, 11) is 0. The standard InChI is InChI=1S/C15H11BrN4O3/c1-2-23-11-4-7(3-10(16)13(11)21)12-8(5-17)14(19)20-15(22)9(12)6-18/h3-4,21H,2H2,1H3,(H3,19,20,22). The Morgan fingerprint density at radius 3 is 2.57 bits per heavy atom. The molecule has 1 aromatic heterocycles. The third-order valence-corrected chi connectivity index (χ3v) is 3.69. The highest BCUT2D eigenvalue weighted by Gasteiger charge is 2.20. The Morgan fingerprint density at radius 2 is 2.00 bits per heavy atom. The molecule has 0 unspecified atom stereocenters. The lowest BCUT2D eigenvalue weighted by Gasteiger charge is -2.13. The van der Waals surface area contributed by atoms with Crippen molar-refractivity contribution in [2.45, 2.75) is 6.92 Å². The zero-order valence-corrected chi connectivity index (χ0v) is 13.6. The molecule has 2 aromatic rings. The van der Waals surface area contributed by atoms with Crippen molar-refractivity contribution in [2.75, 3.05) is 12.3 Å². The summed E-state index contributed by atoms with van der Waals surface area (Å²) in [5.74, 6) is -0.0948. The van der Waals surface area contributed by atoms with Crippen molar-refractivity contribution < 1.29 is 9.84 Å². The number of phenolic OH excluding ortho intramolecular Hbond substituents is 1. The van der Waals surface area contributed by atoms with Crippen LogP contribution in [0.2, 0.25) is 0 Å². The summed E-state index contributed by atoms with van der Waals surface area (Å²) in [5, 5.41) is 28.5. The van der Waals surface area contributed by atoms with Gasteiger partial charge in [0.1, 0.15) is 29.1 Å². The molecular weight excluding hydrogens is 364 g/mol. The first kappa shape index (κ1) is 16.4. The molecule has 0 saturated heterocycles. The molecule has 0 radical (unpaired) electrons. The first-order valence-electron chi connectivity index (χ1n) is 6.46. The van der Waals surface area contributed by atoms with E-state index in [1.54, 1.807) is 13.0 Å². The molecule has 0 saturated carbocycles. The Morgan fingerprint density at radius 1 is 1.35 bits per heavy atom. The Balaban J connectivity index is 2.90. The van der Waals surface area contributed by atoms with Crippen molar-refractivity contribution in [1.82, 2.24) is 4.98 Å². The van der Waals surface area contributed by atoms with E-state index in [1.165, 1.54) is 12.1 Å². The third-order valence-electron chi connectivity index (χ3n) is 3.09. The zero-order valence-electron chi connectivity index (χ0n) is 12.0. The quantitative estimate of drug-likeness (QED) is 0.753. The van der Waals surface area contributed by atoms with Crippen molar-refractivity contribution in [2.24, 2.45) is 0 Å². The van der Waals surface area contributed by atoms with E-state index in [-0.39, 0.29) is 34.0 Å². The summed E-state index contributed by atoms with van der Waals surface area (Å²) in [4.78, 5) is 14.2. The van der Waals surface area contributed by atoms with Crippen LogP contribution in [-0.4, -0.2) is 16.7 Å². The van der Waals surface area contributed by atoms with E-state index in [9.17, 15) is 20.4 Å². The van der Waals surface area contributed by atoms with Crippen molar-refractivity contribution in [3.05, 3.63) is 38.1 Å². The van der Waals surface area contributed by atoms with Gasteiger partial charge in [-0.1, -0.05) is 0 Å². The second-order valence-corrected chi connectivity index (χ2v) is 5.31. The van der Waals surface area contributed by atoms with Gasteiger partial charge < -0.3 is 20.6 Å². The number of phenols is 1. The average molecular weight is 375 g/mol. The monoisotopic (exact) mass is 374 g/mol. The van der Waals surface area contributed by atoms with Crippen molar-refractivity contribution in [3.63, 3.8) is 0 Å². The van der Waals surface area contributed by atoms with Crippen molar-refractivity contribution >= 4 is 21.7 Å². The highest BCUT2D eigenvalue weighted by molar-refractivity contribution is 9.10. The van der Waals surface area contributed by atoms with Gasteiger partial charge in [-0.25, -0.2) is 0 Å². The number of H-pyrrole nitrogens is 1. The molecule has 1 aromatic carbocycles. The van der Waals surface area contributed by atoms with E-state index in [0.717, 1.165) is 0 Å². The predicted molar refractivity (Wildman–Crippen MR) is 86.9 cm³/mol. The van der Waals surface area contributed by atoms with Gasteiger partial charge in [-0.3, -0.25) is 4.79 Å². The number of anilines is 1. The average Bonchev–Trinajstić information content (AvgIpc) is 2.51. The van der Waals surface area contributed by atoms with Gasteiger partial charge in [0.2, 0.25) is 0 Å². The minimum absolute atomic E-state index is 0.0267. The third kappa shape index (κ3) is 2.85. The second kappa shape index (κ2) is 6.42. The van der Waals surface area contributed by atoms with Crippen LogP contribution in [0.15, 0.2) is 21.4 Å². The Hall–Kier alpha value is -2.97. The molecule has 2 rings (SSSR count). The number of aromatic nitrogens is 1. The van der Waals surface area contributed by atoms with Gasteiger partial charge in [0.05, 0.1) is 11.1 Å². The smallest absolute Gasteiger partial charge is 0.268 e. The minimum atomic E-state index is -0.693. The molecule has 116 valence electrons. The first-order valence-corrected chi connectivity index (χ1v) is 7.25. The van der Waals surface area contributed by atoms with E-state index in [4.69, 9.17) is 10.5 Å². The van der Waals surface area contributed by atoms with Gasteiger partial charge >= 0.3 is 0 Å². The van der Waals surface area contributed by atoms with Gasteiger partial charge in [-0.2, -0.15) is 10.5 Å². The topological polar surface area (TPSA) is 136 Å². The number of aromatic hydroxyl groups is 1. The Bertz CT molecular complexity index is 922. The van der Waals surface area contributed by atoms with E-state index >= 15 is 0 Å². The van der Waals surface area contributed by atoms with Crippen LogP contribution in [0.4, 0.5) is 5.82 Å².